The monoisotopic (exact) mass is 401 g/mol. The molecule has 0 spiro atoms. The van der Waals surface area contributed by atoms with Crippen LogP contribution in [0.4, 0.5) is 0 Å². The number of nitrogens with zero attached hydrogens (tertiary/aromatic N) is 3. The minimum atomic E-state index is 0.0189. The van der Waals surface area contributed by atoms with Gasteiger partial charge in [-0.2, -0.15) is 11.8 Å². The number of carbonyl (C=O) groups excluding carboxylic acids is 1. The minimum absolute atomic E-state index is 0.0189. The Bertz CT molecular complexity index is 636. The third-order valence-electron chi connectivity index (χ3n) is 2.83. The van der Waals surface area contributed by atoms with E-state index in [0.717, 1.165) is 10.0 Å². The van der Waals surface area contributed by atoms with Gasteiger partial charge < -0.3 is 9.32 Å². The summed E-state index contributed by atoms with van der Waals surface area (Å²) in [6, 6.07) is 7.87. The molecular formula is C14H16BrN3O2S2. The van der Waals surface area contributed by atoms with Gasteiger partial charge in [-0.05, 0) is 17.9 Å². The molecule has 0 aliphatic carbocycles. The zero-order valence-corrected chi connectivity index (χ0v) is 15.5. The van der Waals surface area contributed by atoms with Crippen molar-refractivity contribution in [2.75, 3.05) is 19.1 Å². The molecule has 2 rings (SSSR count). The second-order valence-corrected chi connectivity index (χ2v) is 7.17. The summed E-state index contributed by atoms with van der Waals surface area (Å²) in [6.07, 6.45) is 1.97. The third-order valence-corrected chi connectivity index (χ3v) is 4.94. The van der Waals surface area contributed by atoms with E-state index < -0.39 is 0 Å². The van der Waals surface area contributed by atoms with E-state index in [0.29, 0.717) is 23.4 Å². The molecule has 8 heteroatoms. The van der Waals surface area contributed by atoms with Crippen LogP contribution in [-0.2, 0) is 17.1 Å². The van der Waals surface area contributed by atoms with Crippen molar-refractivity contribution in [2.45, 2.75) is 17.5 Å². The highest BCUT2D eigenvalue weighted by Crippen LogP contribution is 2.20. The van der Waals surface area contributed by atoms with Gasteiger partial charge >= 0.3 is 0 Å². The lowest BCUT2D eigenvalue weighted by Gasteiger charge is -2.17. The van der Waals surface area contributed by atoms with Crippen molar-refractivity contribution in [1.82, 2.24) is 15.1 Å². The SMILES string of the molecule is CSCc1nnc(SCC(=O)N(C)Cc2ccccc2Br)o1. The number of hydrogen-bond donors (Lipinski definition) is 0. The molecule has 1 aromatic carbocycles. The minimum Gasteiger partial charge on any atom is -0.415 e. The van der Waals surface area contributed by atoms with Crippen molar-refractivity contribution >= 4 is 45.4 Å². The zero-order valence-electron chi connectivity index (χ0n) is 12.3. The molecule has 1 heterocycles. The highest BCUT2D eigenvalue weighted by atomic mass is 79.9. The third kappa shape index (κ3) is 5.03. The molecule has 22 heavy (non-hydrogen) atoms. The van der Waals surface area contributed by atoms with Crippen molar-refractivity contribution in [3.63, 3.8) is 0 Å². The fourth-order valence-electron chi connectivity index (χ4n) is 1.68. The Labute approximate surface area is 146 Å². The van der Waals surface area contributed by atoms with E-state index in [-0.39, 0.29) is 11.7 Å². The number of halogens is 1. The highest BCUT2D eigenvalue weighted by Gasteiger charge is 2.14. The molecule has 118 valence electrons. The molecule has 2 aromatic rings. The second-order valence-electron chi connectivity index (χ2n) is 4.52. The second kappa shape index (κ2) is 8.59. The van der Waals surface area contributed by atoms with Crippen LogP contribution in [0.1, 0.15) is 11.5 Å². The van der Waals surface area contributed by atoms with Crippen LogP contribution >= 0.6 is 39.5 Å². The quantitative estimate of drug-likeness (QED) is 0.662. The number of aromatic nitrogens is 2. The van der Waals surface area contributed by atoms with E-state index in [1.165, 1.54) is 11.8 Å². The molecule has 0 radical (unpaired) electrons. The van der Waals surface area contributed by atoms with Crippen molar-refractivity contribution in [1.29, 1.82) is 0 Å². The van der Waals surface area contributed by atoms with Gasteiger partial charge in [-0.3, -0.25) is 4.79 Å². The fraction of sp³-hybridized carbons (Fsp3) is 0.357. The molecule has 0 atom stereocenters. The topological polar surface area (TPSA) is 59.2 Å². The van der Waals surface area contributed by atoms with Crippen molar-refractivity contribution < 1.29 is 9.21 Å². The maximum absolute atomic E-state index is 12.2. The van der Waals surface area contributed by atoms with Crippen LogP contribution in [0.25, 0.3) is 0 Å². The summed E-state index contributed by atoms with van der Waals surface area (Å²) in [5, 5.41) is 8.27. The number of carbonyl (C=O) groups is 1. The van der Waals surface area contributed by atoms with Gasteiger partial charge in [-0.15, -0.1) is 10.2 Å². The Kier molecular flexibility index (Phi) is 6.78. The van der Waals surface area contributed by atoms with Crippen LogP contribution in [0, 0.1) is 0 Å². The summed E-state index contributed by atoms with van der Waals surface area (Å²) in [4.78, 5) is 13.8. The Balaban J connectivity index is 1.84. The van der Waals surface area contributed by atoms with E-state index in [9.17, 15) is 4.79 Å². The Morgan fingerprint density at radius 1 is 1.36 bits per heavy atom. The highest BCUT2D eigenvalue weighted by molar-refractivity contribution is 9.10. The summed E-state index contributed by atoms with van der Waals surface area (Å²) in [6.45, 7) is 0.558. The van der Waals surface area contributed by atoms with Crippen LogP contribution in [0.5, 0.6) is 0 Å². The number of amides is 1. The van der Waals surface area contributed by atoms with Crippen LogP contribution in [0.3, 0.4) is 0 Å². The summed E-state index contributed by atoms with van der Waals surface area (Å²) < 4.78 is 6.43. The molecule has 0 aliphatic rings. The lowest BCUT2D eigenvalue weighted by Crippen LogP contribution is -2.27. The number of benzene rings is 1. The Morgan fingerprint density at radius 2 is 2.14 bits per heavy atom. The first-order chi connectivity index (χ1) is 10.6. The van der Waals surface area contributed by atoms with Crippen molar-refractivity contribution in [3.8, 4) is 0 Å². The number of rotatable bonds is 7. The van der Waals surface area contributed by atoms with Gasteiger partial charge in [0.25, 0.3) is 5.22 Å². The largest absolute Gasteiger partial charge is 0.415 e. The summed E-state index contributed by atoms with van der Waals surface area (Å²) in [5.41, 5.74) is 1.07. The van der Waals surface area contributed by atoms with E-state index in [1.54, 1.807) is 23.7 Å². The van der Waals surface area contributed by atoms with E-state index in [1.807, 2.05) is 30.5 Å². The molecule has 1 aromatic heterocycles. The van der Waals surface area contributed by atoms with Gasteiger partial charge in [-0.1, -0.05) is 45.9 Å². The summed E-state index contributed by atoms with van der Waals surface area (Å²) in [5.74, 6) is 1.57. The van der Waals surface area contributed by atoms with Gasteiger partial charge in [0.15, 0.2) is 0 Å². The van der Waals surface area contributed by atoms with E-state index >= 15 is 0 Å². The first kappa shape index (κ1) is 17.4. The Hall–Kier alpha value is -0.990. The standard InChI is InChI=1S/C14H16BrN3O2S2/c1-18(7-10-5-3-4-6-11(10)15)13(19)9-22-14-17-16-12(20-14)8-21-2/h3-6H,7-9H2,1-2H3. The molecule has 0 N–H and O–H groups in total. The predicted molar refractivity (Wildman–Crippen MR) is 92.9 cm³/mol. The zero-order chi connectivity index (χ0) is 15.9. The van der Waals surface area contributed by atoms with E-state index in [4.69, 9.17) is 4.42 Å². The molecule has 5 nitrogen and oxygen atoms in total. The first-order valence-corrected chi connectivity index (χ1v) is 9.69. The van der Waals surface area contributed by atoms with E-state index in [2.05, 4.69) is 26.1 Å². The smallest absolute Gasteiger partial charge is 0.277 e. The maximum atomic E-state index is 12.2. The number of thioether (sulfide) groups is 2. The van der Waals surface area contributed by atoms with Crippen LogP contribution in [0.15, 0.2) is 38.4 Å². The van der Waals surface area contributed by atoms with Gasteiger partial charge in [0.1, 0.15) is 0 Å². The predicted octanol–water partition coefficient (Wildman–Crippen LogP) is 3.45. The molecule has 0 bridgehead atoms. The molecule has 0 saturated carbocycles. The molecule has 0 fully saturated rings. The molecule has 0 aliphatic heterocycles. The lowest BCUT2D eigenvalue weighted by molar-refractivity contribution is -0.127. The first-order valence-electron chi connectivity index (χ1n) is 6.51. The van der Waals surface area contributed by atoms with Gasteiger partial charge in [0, 0.05) is 18.1 Å². The molecule has 0 unspecified atom stereocenters. The lowest BCUT2D eigenvalue weighted by atomic mass is 10.2. The maximum Gasteiger partial charge on any atom is 0.277 e. The number of hydrogen-bond acceptors (Lipinski definition) is 6. The van der Waals surface area contributed by atoms with Gasteiger partial charge in [0.2, 0.25) is 11.8 Å². The average molecular weight is 402 g/mol. The summed E-state index contributed by atoms with van der Waals surface area (Å²) >= 11 is 6.37. The molecular weight excluding hydrogens is 386 g/mol. The normalized spacial score (nSPS) is 10.7. The van der Waals surface area contributed by atoms with Gasteiger partial charge in [-0.25, -0.2) is 0 Å². The molecule has 1 amide bonds. The average Bonchev–Trinajstić information content (AvgIpc) is 2.95. The van der Waals surface area contributed by atoms with Gasteiger partial charge in [0.05, 0.1) is 11.5 Å². The summed E-state index contributed by atoms with van der Waals surface area (Å²) in [7, 11) is 1.79. The molecule has 0 saturated heterocycles. The van der Waals surface area contributed by atoms with Crippen LogP contribution in [0.2, 0.25) is 0 Å². The van der Waals surface area contributed by atoms with Crippen LogP contribution in [-0.4, -0.2) is 40.1 Å². The van der Waals surface area contributed by atoms with Crippen LogP contribution < -0.4 is 0 Å². The van der Waals surface area contributed by atoms with Crippen molar-refractivity contribution in [2.24, 2.45) is 0 Å². The fourth-order valence-corrected chi connectivity index (χ4v) is 3.18. The Morgan fingerprint density at radius 3 is 2.86 bits per heavy atom. The van der Waals surface area contributed by atoms with Crippen molar-refractivity contribution in [3.05, 3.63) is 40.2 Å².